The van der Waals surface area contributed by atoms with Crippen LogP contribution in [0.2, 0.25) is 0 Å². The summed E-state index contributed by atoms with van der Waals surface area (Å²) in [5.74, 6) is -3.28. The molecule has 0 radical (unpaired) electrons. The summed E-state index contributed by atoms with van der Waals surface area (Å²) < 4.78 is 35.0. The number of halogens is 2. The molecule has 1 aromatic rings. The molecule has 4 aliphatic rings. The Hall–Kier alpha value is -2.71. The predicted octanol–water partition coefficient (Wildman–Crippen LogP) is 3.37. The second-order valence-electron chi connectivity index (χ2n) is 10.1. The lowest BCUT2D eigenvalue weighted by molar-refractivity contribution is -0.134. The molecule has 2 saturated heterocycles. The van der Waals surface area contributed by atoms with Gasteiger partial charge in [0.1, 0.15) is 11.6 Å². The molecule has 7 nitrogen and oxygen atoms in total. The fraction of sp³-hybridized carbons (Fsp3) is 0.625. The molecule has 0 unspecified atom stereocenters. The van der Waals surface area contributed by atoms with Crippen molar-refractivity contribution in [3.05, 3.63) is 29.3 Å². The van der Waals surface area contributed by atoms with Gasteiger partial charge in [-0.1, -0.05) is 6.42 Å². The summed E-state index contributed by atoms with van der Waals surface area (Å²) in [6, 6.07) is 2.27. The Morgan fingerprint density at radius 3 is 2.55 bits per heavy atom. The molecular weight excluding hydrogens is 432 g/mol. The van der Waals surface area contributed by atoms with E-state index >= 15 is 0 Å². The van der Waals surface area contributed by atoms with Gasteiger partial charge in [-0.3, -0.25) is 14.9 Å². The highest BCUT2D eigenvalue weighted by Gasteiger charge is 2.48. The molecule has 33 heavy (non-hydrogen) atoms. The molecule has 2 aliphatic carbocycles. The zero-order chi connectivity index (χ0) is 23.2. The maximum Gasteiger partial charge on any atom is 0.407 e. The fourth-order valence-electron chi connectivity index (χ4n) is 5.94. The minimum Gasteiger partial charge on any atom is -0.449 e. The van der Waals surface area contributed by atoms with E-state index in [1.807, 2.05) is 0 Å². The summed E-state index contributed by atoms with van der Waals surface area (Å²) in [5.41, 5.74) is 0.606. The van der Waals surface area contributed by atoms with Crippen LogP contribution in [0.1, 0.15) is 62.8 Å². The molecular formula is C24H29F2N3O4. The van der Waals surface area contributed by atoms with Gasteiger partial charge in [-0.2, -0.15) is 0 Å². The van der Waals surface area contributed by atoms with Crippen molar-refractivity contribution in [1.29, 1.82) is 0 Å². The van der Waals surface area contributed by atoms with Crippen molar-refractivity contribution in [2.75, 3.05) is 24.6 Å². The Morgan fingerprint density at radius 1 is 1.18 bits per heavy atom. The number of carbonyl (C=O) groups is 3. The van der Waals surface area contributed by atoms with Gasteiger partial charge in [-0.25, -0.2) is 13.6 Å². The van der Waals surface area contributed by atoms with E-state index in [1.165, 1.54) is 31.4 Å². The minimum atomic E-state index is -1.02. The van der Waals surface area contributed by atoms with Gasteiger partial charge in [0.15, 0.2) is 0 Å². The molecule has 0 aromatic heterocycles. The van der Waals surface area contributed by atoms with Gasteiger partial charge in [0, 0.05) is 30.8 Å². The van der Waals surface area contributed by atoms with Crippen LogP contribution in [0.15, 0.2) is 12.1 Å². The molecule has 2 heterocycles. The Bertz CT molecular complexity index is 949. The summed E-state index contributed by atoms with van der Waals surface area (Å²) >= 11 is 0. The first kappa shape index (κ1) is 22.1. The topological polar surface area (TPSA) is 87.7 Å². The van der Waals surface area contributed by atoms with Crippen LogP contribution < -0.4 is 15.5 Å². The largest absolute Gasteiger partial charge is 0.449 e. The van der Waals surface area contributed by atoms with Crippen LogP contribution in [-0.2, 0) is 14.3 Å². The molecule has 9 heteroatoms. The van der Waals surface area contributed by atoms with E-state index in [9.17, 15) is 23.2 Å². The standard InChI is InChI=1S/C24H29F2N3O4/c25-18-8-16(9-19(26)21(18)17-2-3-20(30)28-22(17)31)29-7-4-15(12-29)27-23(32)33-13-14-10-24(11-14)5-1-6-24/h8-9,14-15,17H,1-7,10-13H2,(H,27,32)(H,28,30,31)/t15-,17-/m1/s1. The lowest BCUT2D eigenvalue weighted by Crippen LogP contribution is -2.45. The molecule has 2 aliphatic heterocycles. The summed E-state index contributed by atoms with van der Waals surface area (Å²) in [7, 11) is 0. The molecule has 2 N–H and O–H groups in total. The number of nitrogens with zero attached hydrogens (tertiary/aromatic N) is 1. The summed E-state index contributed by atoms with van der Waals surface area (Å²) in [6.07, 6.45) is 6.58. The molecule has 3 amide bonds. The number of hydrogen-bond donors (Lipinski definition) is 2. The molecule has 5 rings (SSSR count). The summed E-state index contributed by atoms with van der Waals surface area (Å²) in [5, 5.41) is 4.99. The van der Waals surface area contributed by atoms with Crippen molar-refractivity contribution >= 4 is 23.6 Å². The lowest BCUT2D eigenvalue weighted by Gasteiger charge is -2.54. The highest BCUT2D eigenvalue weighted by Crippen LogP contribution is 2.58. The smallest absolute Gasteiger partial charge is 0.407 e. The maximum atomic E-state index is 14.8. The van der Waals surface area contributed by atoms with E-state index in [4.69, 9.17) is 4.74 Å². The first-order valence-corrected chi connectivity index (χ1v) is 11.8. The minimum absolute atomic E-state index is 0.0498. The Balaban J connectivity index is 1.13. The number of nitrogens with one attached hydrogen (secondary N) is 2. The predicted molar refractivity (Wildman–Crippen MR) is 116 cm³/mol. The fourth-order valence-corrected chi connectivity index (χ4v) is 5.94. The number of hydrogen-bond acceptors (Lipinski definition) is 5. The first-order chi connectivity index (χ1) is 15.8. The second-order valence-corrected chi connectivity index (χ2v) is 10.1. The van der Waals surface area contributed by atoms with E-state index in [-0.39, 0.29) is 24.4 Å². The number of rotatable bonds is 5. The number of ether oxygens (including phenoxy) is 1. The van der Waals surface area contributed by atoms with E-state index < -0.39 is 35.5 Å². The van der Waals surface area contributed by atoms with E-state index in [1.54, 1.807) is 4.90 Å². The summed E-state index contributed by atoms with van der Waals surface area (Å²) in [6.45, 7) is 1.40. The molecule has 2 atom stereocenters. The monoisotopic (exact) mass is 461 g/mol. The van der Waals surface area contributed by atoms with Crippen LogP contribution in [0.25, 0.3) is 0 Å². The lowest BCUT2D eigenvalue weighted by atomic mass is 9.52. The van der Waals surface area contributed by atoms with E-state index in [0.29, 0.717) is 43.1 Å². The highest BCUT2D eigenvalue weighted by atomic mass is 19.1. The molecule has 4 fully saturated rings. The van der Waals surface area contributed by atoms with E-state index in [2.05, 4.69) is 10.6 Å². The highest BCUT2D eigenvalue weighted by molar-refractivity contribution is 6.01. The third-order valence-corrected chi connectivity index (χ3v) is 7.83. The van der Waals surface area contributed by atoms with Crippen molar-refractivity contribution in [3.8, 4) is 0 Å². The van der Waals surface area contributed by atoms with Crippen LogP contribution in [0.3, 0.4) is 0 Å². The number of carbonyl (C=O) groups excluding carboxylic acids is 3. The number of anilines is 1. The Labute approximate surface area is 191 Å². The van der Waals surface area contributed by atoms with Crippen LogP contribution in [0.5, 0.6) is 0 Å². The Morgan fingerprint density at radius 2 is 1.91 bits per heavy atom. The number of imide groups is 1. The number of piperidine rings is 1. The van der Waals surface area contributed by atoms with Gasteiger partial charge in [-0.15, -0.1) is 0 Å². The van der Waals surface area contributed by atoms with Gasteiger partial charge in [0.05, 0.1) is 18.6 Å². The van der Waals surface area contributed by atoms with Gasteiger partial charge >= 0.3 is 6.09 Å². The normalized spacial score (nSPS) is 26.5. The van der Waals surface area contributed by atoms with Crippen molar-refractivity contribution in [2.45, 2.75) is 63.3 Å². The van der Waals surface area contributed by atoms with Gasteiger partial charge < -0.3 is 15.0 Å². The number of amides is 3. The van der Waals surface area contributed by atoms with Crippen molar-refractivity contribution in [2.24, 2.45) is 11.3 Å². The van der Waals surface area contributed by atoms with Crippen LogP contribution in [0, 0.1) is 23.0 Å². The number of benzene rings is 1. The average Bonchev–Trinajstić information content (AvgIpc) is 3.15. The molecule has 1 spiro atoms. The zero-order valence-corrected chi connectivity index (χ0v) is 18.5. The maximum absolute atomic E-state index is 14.8. The third-order valence-electron chi connectivity index (χ3n) is 7.83. The van der Waals surface area contributed by atoms with Gasteiger partial charge in [0.2, 0.25) is 11.8 Å². The van der Waals surface area contributed by atoms with E-state index in [0.717, 1.165) is 12.8 Å². The molecule has 1 aromatic carbocycles. The second kappa shape index (κ2) is 8.57. The van der Waals surface area contributed by atoms with Crippen molar-refractivity contribution in [3.63, 3.8) is 0 Å². The average molecular weight is 462 g/mol. The molecule has 2 saturated carbocycles. The third kappa shape index (κ3) is 4.42. The Kier molecular flexibility index (Phi) is 5.74. The van der Waals surface area contributed by atoms with Gasteiger partial charge in [0.25, 0.3) is 0 Å². The first-order valence-electron chi connectivity index (χ1n) is 11.8. The van der Waals surface area contributed by atoms with Crippen molar-refractivity contribution in [1.82, 2.24) is 10.6 Å². The van der Waals surface area contributed by atoms with Crippen LogP contribution >= 0.6 is 0 Å². The van der Waals surface area contributed by atoms with Gasteiger partial charge in [-0.05, 0) is 62.0 Å². The van der Waals surface area contributed by atoms with Crippen molar-refractivity contribution < 1.29 is 27.9 Å². The quantitative estimate of drug-likeness (QED) is 0.657. The summed E-state index contributed by atoms with van der Waals surface area (Å²) in [4.78, 5) is 37.3. The zero-order valence-electron chi connectivity index (χ0n) is 18.5. The van der Waals surface area contributed by atoms with Crippen LogP contribution in [0.4, 0.5) is 19.3 Å². The number of alkyl carbamates (subject to hydrolysis) is 1. The molecule has 178 valence electrons. The molecule has 0 bridgehead atoms. The SMILES string of the molecule is O=C1CC[C@H](c2c(F)cc(N3CC[C@@H](NC(=O)OCC4CC5(CCC5)C4)C3)cc2F)C(=O)N1. The van der Waals surface area contributed by atoms with Crippen LogP contribution in [-0.4, -0.2) is 43.6 Å².